The van der Waals surface area contributed by atoms with Gasteiger partial charge in [-0.15, -0.1) is 0 Å². The van der Waals surface area contributed by atoms with Gasteiger partial charge in [0.1, 0.15) is 12.6 Å². The van der Waals surface area contributed by atoms with Gasteiger partial charge in [-0.05, 0) is 18.6 Å². The number of H-pyrrole nitrogens is 1. The number of rotatable bonds is 5. The molecule has 2 rings (SSSR count). The maximum atomic E-state index is 11.8. The Bertz CT molecular complexity index is 701. The molecule has 0 aliphatic carbocycles. The number of benzene rings is 1. The molecule has 1 heterocycles. The maximum absolute atomic E-state index is 11.8. The number of carbonyl (C=O) groups excluding carboxylic acids is 1. The standard InChI is InChI=1S/C13H15N3O4/c1-2-8(12(18)19)14-11(17)7-16-10-6-4-3-5-9(10)15-13(16)20/h3-6,8H,2,7H2,1H3,(H,14,17)(H,15,20)(H,18,19). The molecule has 0 bridgehead atoms. The van der Waals surface area contributed by atoms with Gasteiger partial charge < -0.3 is 15.4 Å². The lowest BCUT2D eigenvalue weighted by atomic mass is 10.2. The Balaban J connectivity index is 2.20. The van der Waals surface area contributed by atoms with Gasteiger partial charge in [-0.3, -0.25) is 9.36 Å². The van der Waals surface area contributed by atoms with E-state index in [0.29, 0.717) is 11.0 Å². The molecule has 1 unspecified atom stereocenters. The van der Waals surface area contributed by atoms with Crippen molar-refractivity contribution in [2.45, 2.75) is 25.9 Å². The molecule has 1 aromatic heterocycles. The molecule has 0 aliphatic heterocycles. The highest BCUT2D eigenvalue weighted by Gasteiger charge is 2.18. The first-order valence-corrected chi connectivity index (χ1v) is 6.22. The Morgan fingerprint density at radius 3 is 2.75 bits per heavy atom. The molecule has 2 aromatic rings. The number of fused-ring (bicyclic) bond motifs is 1. The fraction of sp³-hybridized carbons (Fsp3) is 0.308. The molecule has 0 saturated heterocycles. The number of imidazole rings is 1. The van der Waals surface area contributed by atoms with Crippen molar-refractivity contribution in [3.05, 3.63) is 34.7 Å². The molecule has 0 saturated carbocycles. The quantitative estimate of drug-likeness (QED) is 0.731. The Hall–Kier alpha value is -2.57. The number of aromatic nitrogens is 2. The Morgan fingerprint density at radius 2 is 2.10 bits per heavy atom. The molecule has 0 spiro atoms. The van der Waals surface area contributed by atoms with E-state index in [-0.39, 0.29) is 13.0 Å². The van der Waals surface area contributed by atoms with Crippen LogP contribution in [-0.2, 0) is 16.1 Å². The summed E-state index contributed by atoms with van der Waals surface area (Å²) in [6.45, 7) is 1.45. The summed E-state index contributed by atoms with van der Waals surface area (Å²) in [5.41, 5.74) is 0.844. The average molecular weight is 277 g/mol. The lowest BCUT2D eigenvalue weighted by Gasteiger charge is -2.12. The summed E-state index contributed by atoms with van der Waals surface area (Å²) < 4.78 is 1.28. The van der Waals surface area contributed by atoms with Crippen molar-refractivity contribution in [3.8, 4) is 0 Å². The summed E-state index contributed by atoms with van der Waals surface area (Å²) in [6.07, 6.45) is 0.282. The summed E-state index contributed by atoms with van der Waals surface area (Å²) in [5, 5.41) is 11.3. The Kier molecular flexibility index (Phi) is 3.88. The van der Waals surface area contributed by atoms with Crippen molar-refractivity contribution >= 4 is 22.9 Å². The van der Waals surface area contributed by atoms with Crippen LogP contribution in [0, 0.1) is 0 Å². The molecule has 0 aliphatic rings. The number of hydrogen-bond donors (Lipinski definition) is 3. The number of carbonyl (C=O) groups is 2. The molecule has 20 heavy (non-hydrogen) atoms. The first kappa shape index (κ1) is 13.9. The number of aromatic amines is 1. The summed E-state index contributed by atoms with van der Waals surface area (Å²) in [5.74, 6) is -1.60. The largest absolute Gasteiger partial charge is 0.480 e. The minimum atomic E-state index is -1.09. The van der Waals surface area contributed by atoms with Crippen LogP contribution in [0.15, 0.2) is 29.1 Å². The number of nitrogens with zero attached hydrogens (tertiary/aromatic N) is 1. The van der Waals surface area contributed by atoms with Gasteiger partial charge in [0.25, 0.3) is 0 Å². The fourth-order valence-corrected chi connectivity index (χ4v) is 1.99. The number of hydrogen-bond acceptors (Lipinski definition) is 3. The Labute approximate surface area is 114 Å². The predicted molar refractivity (Wildman–Crippen MR) is 72.4 cm³/mol. The van der Waals surface area contributed by atoms with Crippen LogP contribution < -0.4 is 11.0 Å². The number of nitrogens with one attached hydrogen (secondary N) is 2. The SMILES string of the molecule is CCC(NC(=O)Cn1c(=O)[nH]c2ccccc21)C(=O)O. The van der Waals surface area contributed by atoms with Crippen molar-refractivity contribution in [3.63, 3.8) is 0 Å². The van der Waals surface area contributed by atoms with Gasteiger partial charge in [0, 0.05) is 0 Å². The van der Waals surface area contributed by atoms with Crippen molar-refractivity contribution < 1.29 is 14.7 Å². The lowest BCUT2D eigenvalue weighted by molar-refractivity contribution is -0.142. The highest BCUT2D eigenvalue weighted by molar-refractivity contribution is 5.84. The topological polar surface area (TPSA) is 104 Å². The van der Waals surface area contributed by atoms with E-state index in [1.807, 2.05) is 0 Å². The van der Waals surface area contributed by atoms with Crippen LogP contribution in [0.3, 0.4) is 0 Å². The zero-order valence-corrected chi connectivity index (χ0v) is 10.9. The van der Waals surface area contributed by atoms with Crippen LogP contribution in [0.2, 0.25) is 0 Å². The van der Waals surface area contributed by atoms with Gasteiger partial charge >= 0.3 is 11.7 Å². The summed E-state index contributed by atoms with van der Waals surface area (Å²) in [4.78, 5) is 37.1. The third kappa shape index (κ3) is 2.71. The van der Waals surface area contributed by atoms with E-state index in [0.717, 1.165) is 0 Å². The van der Waals surface area contributed by atoms with Crippen LogP contribution in [0.1, 0.15) is 13.3 Å². The second-order valence-electron chi connectivity index (χ2n) is 4.40. The van der Waals surface area contributed by atoms with Gasteiger partial charge in [0.2, 0.25) is 5.91 Å². The van der Waals surface area contributed by atoms with Crippen LogP contribution in [-0.4, -0.2) is 32.6 Å². The molecule has 3 N–H and O–H groups in total. The van der Waals surface area contributed by atoms with Crippen molar-refractivity contribution in [2.75, 3.05) is 0 Å². The first-order chi connectivity index (χ1) is 9.52. The van der Waals surface area contributed by atoms with Gasteiger partial charge in [-0.25, -0.2) is 9.59 Å². The van der Waals surface area contributed by atoms with Gasteiger partial charge in [0.05, 0.1) is 11.0 Å². The molecule has 0 radical (unpaired) electrons. The lowest BCUT2D eigenvalue weighted by Crippen LogP contribution is -2.42. The number of amides is 1. The second kappa shape index (κ2) is 5.60. The molecule has 1 aromatic carbocycles. The third-order valence-electron chi connectivity index (χ3n) is 3.02. The molecular weight excluding hydrogens is 262 g/mol. The molecule has 1 atom stereocenters. The van der Waals surface area contributed by atoms with E-state index < -0.39 is 23.6 Å². The third-order valence-corrected chi connectivity index (χ3v) is 3.02. The van der Waals surface area contributed by atoms with E-state index in [1.165, 1.54) is 4.57 Å². The minimum Gasteiger partial charge on any atom is -0.480 e. The molecule has 1 amide bonds. The van der Waals surface area contributed by atoms with E-state index in [4.69, 9.17) is 5.11 Å². The number of carboxylic acid groups (broad SMARTS) is 1. The van der Waals surface area contributed by atoms with Crippen molar-refractivity contribution in [1.82, 2.24) is 14.9 Å². The van der Waals surface area contributed by atoms with Gasteiger partial charge in [-0.1, -0.05) is 19.1 Å². The zero-order chi connectivity index (χ0) is 14.7. The zero-order valence-electron chi connectivity index (χ0n) is 10.9. The smallest absolute Gasteiger partial charge is 0.326 e. The van der Waals surface area contributed by atoms with Crippen LogP contribution in [0.4, 0.5) is 0 Å². The monoisotopic (exact) mass is 277 g/mol. The van der Waals surface area contributed by atoms with Gasteiger partial charge in [0.15, 0.2) is 0 Å². The average Bonchev–Trinajstić information content (AvgIpc) is 2.72. The molecule has 7 heteroatoms. The summed E-state index contributed by atoms with van der Waals surface area (Å²) in [7, 11) is 0. The van der Waals surface area contributed by atoms with Crippen LogP contribution in [0.25, 0.3) is 11.0 Å². The first-order valence-electron chi connectivity index (χ1n) is 6.22. The predicted octanol–water partition coefficient (Wildman–Crippen LogP) is 0.309. The number of aliphatic carboxylic acids is 1. The Morgan fingerprint density at radius 1 is 1.40 bits per heavy atom. The van der Waals surface area contributed by atoms with Crippen molar-refractivity contribution in [1.29, 1.82) is 0 Å². The molecule has 7 nitrogen and oxygen atoms in total. The summed E-state index contributed by atoms with van der Waals surface area (Å²) in [6, 6.07) is 6.05. The molecular formula is C13H15N3O4. The summed E-state index contributed by atoms with van der Waals surface area (Å²) >= 11 is 0. The van der Waals surface area contributed by atoms with E-state index in [1.54, 1.807) is 31.2 Å². The normalized spacial score (nSPS) is 12.2. The number of carboxylic acids is 1. The second-order valence-corrected chi connectivity index (χ2v) is 4.40. The fourth-order valence-electron chi connectivity index (χ4n) is 1.99. The highest BCUT2D eigenvalue weighted by Crippen LogP contribution is 2.08. The molecule has 0 fully saturated rings. The van der Waals surface area contributed by atoms with E-state index >= 15 is 0 Å². The maximum Gasteiger partial charge on any atom is 0.326 e. The van der Waals surface area contributed by atoms with Crippen LogP contribution >= 0.6 is 0 Å². The van der Waals surface area contributed by atoms with Crippen molar-refractivity contribution in [2.24, 2.45) is 0 Å². The van der Waals surface area contributed by atoms with E-state index in [2.05, 4.69) is 10.3 Å². The van der Waals surface area contributed by atoms with E-state index in [9.17, 15) is 14.4 Å². The highest BCUT2D eigenvalue weighted by atomic mass is 16.4. The van der Waals surface area contributed by atoms with Crippen LogP contribution in [0.5, 0.6) is 0 Å². The van der Waals surface area contributed by atoms with Gasteiger partial charge in [-0.2, -0.15) is 0 Å². The number of para-hydroxylation sites is 2. The molecule has 106 valence electrons. The minimum absolute atomic E-state index is 0.216.